The Labute approximate surface area is 93.9 Å². The molecule has 0 saturated heterocycles. The third-order valence-electron chi connectivity index (χ3n) is 1.95. The van der Waals surface area contributed by atoms with Crippen LogP contribution in [0, 0.1) is 0 Å². The van der Waals surface area contributed by atoms with Crippen molar-refractivity contribution in [3.05, 3.63) is 32.9 Å². The van der Waals surface area contributed by atoms with E-state index in [1.165, 1.54) is 4.57 Å². The number of fused-ring (bicyclic) bond motifs is 1. The molecule has 1 amide bonds. The van der Waals surface area contributed by atoms with Gasteiger partial charge in [0.2, 0.25) is 5.91 Å². The number of hydrogen-bond donors (Lipinski definition) is 1. The zero-order chi connectivity index (χ0) is 11.0. The number of amides is 1. The molecule has 0 atom stereocenters. The van der Waals surface area contributed by atoms with Gasteiger partial charge in [-0.05, 0) is 12.1 Å². The lowest BCUT2D eigenvalue weighted by atomic mass is 10.3. The maximum Gasteiger partial charge on any atom is 0.308 e. The minimum Gasteiger partial charge on any atom is -0.368 e. The fourth-order valence-electron chi connectivity index (χ4n) is 1.38. The predicted molar refractivity (Wildman–Crippen MR) is 60.3 cm³/mol. The zero-order valence-corrected chi connectivity index (χ0v) is 9.14. The van der Waals surface area contributed by atoms with E-state index in [9.17, 15) is 9.59 Å². The molecule has 0 unspecified atom stereocenters. The van der Waals surface area contributed by atoms with Crippen molar-refractivity contribution >= 4 is 39.1 Å². The molecule has 0 spiro atoms. The van der Waals surface area contributed by atoms with Crippen molar-refractivity contribution in [1.82, 2.24) is 4.57 Å². The summed E-state index contributed by atoms with van der Waals surface area (Å²) < 4.78 is 2.05. The van der Waals surface area contributed by atoms with Gasteiger partial charge in [0.15, 0.2) is 0 Å². The van der Waals surface area contributed by atoms with E-state index in [-0.39, 0.29) is 11.4 Å². The normalized spacial score (nSPS) is 10.7. The minimum absolute atomic E-state index is 0.136. The Morgan fingerprint density at radius 3 is 2.93 bits per heavy atom. The van der Waals surface area contributed by atoms with Crippen molar-refractivity contribution < 1.29 is 4.79 Å². The number of carbonyl (C=O) groups excluding carboxylic acids is 1. The summed E-state index contributed by atoms with van der Waals surface area (Å²) >= 11 is 7.00. The lowest BCUT2D eigenvalue weighted by Crippen LogP contribution is -2.24. The van der Waals surface area contributed by atoms with Crippen LogP contribution in [-0.2, 0) is 11.3 Å². The predicted octanol–water partition coefficient (Wildman–Crippen LogP) is 1.20. The molecule has 0 aliphatic heterocycles. The Morgan fingerprint density at radius 2 is 2.27 bits per heavy atom. The molecule has 78 valence electrons. The largest absolute Gasteiger partial charge is 0.368 e. The van der Waals surface area contributed by atoms with Gasteiger partial charge in [-0.3, -0.25) is 14.2 Å². The molecule has 1 aromatic carbocycles. The smallest absolute Gasteiger partial charge is 0.308 e. The van der Waals surface area contributed by atoms with Crippen LogP contribution in [0.1, 0.15) is 0 Å². The van der Waals surface area contributed by atoms with Crippen LogP contribution in [0.15, 0.2) is 23.0 Å². The summed E-state index contributed by atoms with van der Waals surface area (Å²) in [4.78, 5) is 22.1. The van der Waals surface area contributed by atoms with Crippen LogP contribution in [0.3, 0.4) is 0 Å². The van der Waals surface area contributed by atoms with Crippen LogP contribution in [0.5, 0.6) is 0 Å². The quantitative estimate of drug-likeness (QED) is 0.860. The van der Waals surface area contributed by atoms with E-state index in [2.05, 4.69) is 0 Å². The van der Waals surface area contributed by atoms with Crippen LogP contribution in [0.2, 0.25) is 5.02 Å². The third kappa shape index (κ3) is 1.75. The Kier molecular flexibility index (Phi) is 2.50. The van der Waals surface area contributed by atoms with Crippen LogP contribution >= 0.6 is 22.9 Å². The van der Waals surface area contributed by atoms with Gasteiger partial charge in [-0.1, -0.05) is 29.0 Å². The average molecular weight is 243 g/mol. The highest BCUT2D eigenvalue weighted by atomic mass is 35.5. The molecule has 4 nitrogen and oxygen atoms in total. The van der Waals surface area contributed by atoms with Crippen molar-refractivity contribution in [2.75, 3.05) is 0 Å². The molecule has 0 radical (unpaired) electrons. The van der Waals surface area contributed by atoms with E-state index in [0.29, 0.717) is 10.5 Å². The number of rotatable bonds is 2. The fourth-order valence-corrected chi connectivity index (χ4v) is 2.63. The molecule has 1 heterocycles. The summed E-state index contributed by atoms with van der Waals surface area (Å²) in [5, 5.41) is 0.451. The first-order valence-corrected chi connectivity index (χ1v) is 5.35. The molecular weight excluding hydrogens is 236 g/mol. The summed E-state index contributed by atoms with van der Waals surface area (Å²) in [5.74, 6) is -0.559. The Bertz CT molecular complexity index is 587. The fraction of sp³-hybridized carbons (Fsp3) is 0.111. The monoisotopic (exact) mass is 242 g/mol. The van der Waals surface area contributed by atoms with Crippen LogP contribution in [0.25, 0.3) is 10.2 Å². The summed E-state index contributed by atoms with van der Waals surface area (Å²) in [6.45, 7) is -0.136. The first kappa shape index (κ1) is 10.2. The number of para-hydroxylation sites is 1. The summed E-state index contributed by atoms with van der Waals surface area (Å²) in [6, 6.07) is 5.22. The lowest BCUT2D eigenvalue weighted by Gasteiger charge is -2.00. The number of halogens is 1. The Morgan fingerprint density at radius 1 is 1.53 bits per heavy atom. The van der Waals surface area contributed by atoms with Crippen molar-refractivity contribution in [1.29, 1.82) is 0 Å². The lowest BCUT2D eigenvalue weighted by molar-refractivity contribution is -0.118. The SMILES string of the molecule is NC(=O)Cn1c(=O)sc2cccc(Cl)c21. The maximum atomic E-state index is 11.5. The second-order valence-electron chi connectivity index (χ2n) is 3.01. The highest BCUT2D eigenvalue weighted by Gasteiger charge is 2.11. The van der Waals surface area contributed by atoms with Crippen LogP contribution in [-0.4, -0.2) is 10.5 Å². The van der Waals surface area contributed by atoms with Crippen LogP contribution < -0.4 is 10.6 Å². The van der Waals surface area contributed by atoms with E-state index in [0.717, 1.165) is 16.0 Å². The highest BCUT2D eigenvalue weighted by Crippen LogP contribution is 2.24. The topological polar surface area (TPSA) is 65.1 Å². The number of nitrogens with two attached hydrogens (primary N) is 1. The molecule has 2 rings (SSSR count). The van der Waals surface area contributed by atoms with Crippen molar-refractivity contribution in [2.45, 2.75) is 6.54 Å². The molecule has 1 aromatic heterocycles. The van der Waals surface area contributed by atoms with Crippen LogP contribution in [0.4, 0.5) is 0 Å². The zero-order valence-electron chi connectivity index (χ0n) is 7.57. The molecule has 0 bridgehead atoms. The van der Waals surface area contributed by atoms with Crippen molar-refractivity contribution in [2.24, 2.45) is 5.73 Å². The number of hydrogen-bond acceptors (Lipinski definition) is 3. The van der Waals surface area contributed by atoms with E-state index >= 15 is 0 Å². The molecule has 15 heavy (non-hydrogen) atoms. The molecule has 0 fully saturated rings. The number of benzene rings is 1. The highest BCUT2D eigenvalue weighted by molar-refractivity contribution is 7.16. The van der Waals surface area contributed by atoms with E-state index in [1.54, 1.807) is 18.2 Å². The Hall–Kier alpha value is -1.33. The van der Waals surface area contributed by atoms with E-state index < -0.39 is 5.91 Å². The summed E-state index contributed by atoms with van der Waals surface area (Å²) in [5.41, 5.74) is 5.63. The van der Waals surface area contributed by atoms with E-state index in [1.807, 2.05) is 0 Å². The molecule has 0 aliphatic rings. The summed E-state index contributed by atoms with van der Waals surface area (Å²) in [6.07, 6.45) is 0. The van der Waals surface area contributed by atoms with Gasteiger partial charge in [0, 0.05) is 0 Å². The molecule has 0 saturated carbocycles. The van der Waals surface area contributed by atoms with Gasteiger partial charge in [-0.2, -0.15) is 0 Å². The van der Waals surface area contributed by atoms with Gasteiger partial charge in [0.25, 0.3) is 0 Å². The summed E-state index contributed by atoms with van der Waals surface area (Å²) in [7, 11) is 0. The van der Waals surface area contributed by atoms with Gasteiger partial charge in [-0.15, -0.1) is 0 Å². The first-order valence-electron chi connectivity index (χ1n) is 4.16. The molecule has 2 aromatic rings. The molecular formula is C9H7ClN2O2S. The van der Waals surface area contributed by atoms with E-state index in [4.69, 9.17) is 17.3 Å². The van der Waals surface area contributed by atoms with Gasteiger partial charge < -0.3 is 5.73 Å². The molecule has 0 aliphatic carbocycles. The van der Waals surface area contributed by atoms with Crippen molar-refractivity contribution in [3.63, 3.8) is 0 Å². The number of thiazole rings is 1. The average Bonchev–Trinajstić information content (AvgIpc) is 2.43. The first-order chi connectivity index (χ1) is 7.09. The minimum atomic E-state index is -0.559. The second-order valence-corrected chi connectivity index (χ2v) is 4.41. The second kappa shape index (κ2) is 3.67. The number of nitrogens with zero attached hydrogens (tertiary/aromatic N) is 1. The number of carbonyl (C=O) groups is 1. The maximum absolute atomic E-state index is 11.5. The van der Waals surface area contributed by atoms with Gasteiger partial charge >= 0.3 is 4.87 Å². The number of aromatic nitrogens is 1. The van der Waals surface area contributed by atoms with Gasteiger partial charge in [0.05, 0.1) is 15.2 Å². The van der Waals surface area contributed by atoms with Gasteiger partial charge in [-0.25, -0.2) is 0 Å². The molecule has 6 heteroatoms. The third-order valence-corrected chi connectivity index (χ3v) is 3.20. The molecule has 2 N–H and O–H groups in total. The Balaban J connectivity index is 2.76. The number of primary amides is 1. The van der Waals surface area contributed by atoms with Crippen molar-refractivity contribution in [3.8, 4) is 0 Å². The van der Waals surface area contributed by atoms with Gasteiger partial charge in [0.1, 0.15) is 6.54 Å². The standard InChI is InChI=1S/C9H7ClN2O2S/c10-5-2-1-3-6-8(5)12(4-7(11)13)9(14)15-6/h1-3H,4H2,(H2,11,13).